The first-order chi connectivity index (χ1) is 7.05. The van der Waals surface area contributed by atoms with Gasteiger partial charge in [0.25, 0.3) is 0 Å². The van der Waals surface area contributed by atoms with E-state index in [1.807, 2.05) is 0 Å². The van der Waals surface area contributed by atoms with E-state index in [1.165, 1.54) is 0 Å². The Morgan fingerprint density at radius 3 is 2.93 bits per heavy atom. The first kappa shape index (κ1) is 10.4. The van der Waals surface area contributed by atoms with Gasteiger partial charge >= 0.3 is 0 Å². The molecule has 1 aliphatic rings. The summed E-state index contributed by atoms with van der Waals surface area (Å²) < 4.78 is 24.1. The molecule has 1 unspecified atom stereocenters. The van der Waals surface area contributed by atoms with Gasteiger partial charge in [-0.15, -0.1) is 5.10 Å². The molecule has 1 aliphatic heterocycles. The number of anilines is 1. The Balaban J connectivity index is 1.85. The van der Waals surface area contributed by atoms with Crippen molar-refractivity contribution >= 4 is 15.7 Å². The van der Waals surface area contributed by atoms with Crippen LogP contribution in [-0.2, 0) is 16.4 Å². The minimum Gasteiger partial charge on any atom is -0.381 e. The molecule has 7 heteroatoms. The number of nitrogens with two attached hydrogens (primary N) is 1. The number of hydrogen-bond acceptors (Lipinski definition) is 5. The van der Waals surface area contributed by atoms with Gasteiger partial charge in [-0.1, -0.05) is 5.21 Å². The van der Waals surface area contributed by atoms with Gasteiger partial charge < -0.3 is 5.73 Å². The van der Waals surface area contributed by atoms with Gasteiger partial charge in [0.2, 0.25) is 0 Å². The van der Waals surface area contributed by atoms with Crippen molar-refractivity contribution in [1.82, 2.24) is 15.0 Å². The lowest BCUT2D eigenvalue weighted by Crippen LogP contribution is -2.09. The maximum Gasteiger partial charge on any atom is 0.165 e. The van der Waals surface area contributed by atoms with Crippen LogP contribution in [0.5, 0.6) is 0 Å². The highest BCUT2D eigenvalue weighted by Gasteiger charge is 2.27. The summed E-state index contributed by atoms with van der Waals surface area (Å²) in [6.07, 6.45) is 3.25. The highest BCUT2D eigenvalue weighted by molar-refractivity contribution is 7.91. The molecule has 0 bridgehead atoms. The Morgan fingerprint density at radius 2 is 2.40 bits per heavy atom. The summed E-state index contributed by atoms with van der Waals surface area (Å²) >= 11 is 0. The smallest absolute Gasteiger partial charge is 0.165 e. The summed E-state index contributed by atoms with van der Waals surface area (Å²) in [5, 5.41) is 7.47. The molecule has 0 spiro atoms. The number of aryl methyl sites for hydroxylation is 1. The second-order valence-electron chi connectivity index (χ2n) is 3.96. The molecular weight excluding hydrogens is 216 g/mol. The van der Waals surface area contributed by atoms with Crippen LogP contribution in [0.2, 0.25) is 0 Å². The topological polar surface area (TPSA) is 90.9 Å². The first-order valence-corrected chi connectivity index (χ1v) is 6.73. The van der Waals surface area contributed by atoms with Gasteiger partial charge in [0.15, 0.2) is 15.7 Å². The fourth-order valence-corrected chi connectivity index (χ4v) is 3.75. The third-order valence-electron chi connectivity index (χ3n) is 2.65. The van der Waals surface area contributed by atoms with E-state index in [2.05, 4.69) is 10.3 Å². The number of nitrogen functional groups attached to an aromatic ring is 1. The van der Waals surface area contributed by atoms with Crippen LogP contribution in [0.3, 0.4) is 0 Å². The molecule has 1 aromatic heterocycles. The molecule has 2 heterocycles. The van der Waals surface area contributed by atoms with Crippen LogP contribution in [0.15, 0.2) is 6.20 Å². The molecule has 6 nitrogen and oxygen atoms in total. The lowest BCUT2D eigenvalue weighted by atomic mass is 10.1. The van der Waals surface area contributed by atoms with Crippen LogP contribution in [-0.4, -0.2) is 34.9 Å². The predicted molar refractivity (Wildman–Crippen MR) is 55.8 cm³/mol. The standard InChI is InChI=1S/C8H14N4O2S/c9-8-5-12(11-10-8)3-1-7-2-4-15(13,14)6-7/h5,7H,1-4,6,9H2. The van der Waals surface area contributed by atoms with E-state index in [-0.39, 0.29) is 5.92 Å². The van der Waals surface area contributed by atoms with Crippen molar-refractivity contribution in [2.45, 2.75) is 19.4 Å². The molecule has 2 N–H and O–H groups in total. The Labute approximate surface area is 88.4 Å². The predicted octanol–water partition coefficient (Wildman–Crippen LogP) is -0.315. The molecule has 0 amide bonds. The van der Waals surface area contributed by atoms with E-state index in [1.54, 1.807) is 10.9 Å². The minimum absolute atomic E-state index is 0.264. The summed E-state index contributed by atoms with van der Waals surface area (Å²) in [4.78, 5) is 0. The fraction of sp³-hybridized carbons (Fsp3) is 0.750. The van der Waals surface area contributed by atoms with E-state index in [4.69, 9.17) is 5.73 Å². The Hall–Kier alpha value is -1.11. The SMILES string of the molecule is Nc1cn(CCC2CCS(=O)(=O)C2)nn1. The number of hydrogen-bond donors (Lipinski definition) is 1. The molecule has 1 fully saturated rings. The second-order valence-corrected chi connectivity index (χ2v) is 6.19. The lowest BCUT2D eigenvalue weighted by Gasteiger charge is -2.05. The van der Waals surface area contributed by atoms with Crippen molar-refractivity contribution in [3.63, 3.8) is 0 Å². The molecule has 0 aliphatic carbocycles. The molecular formula is C8H14N4O2S. The van der Waals surface area contributed by atoms with Gasteiger partial charge in [0.1, 0.15) is 0 Å². The lowest BCUT2D eigenvalue weighted by molar-refractivity contribution is 0.458. The van der Waals surface area contributed by atoms with Gasteiger partial charge in [-0.3, -0.25) is 4.68 Å². The van der Waals surface area contributed by atoms with Crippen molar-refractivity contribution in [3.8, 4) is 0 Å². The van der Waals surface area contributed by atoms with E-state index in [0.29, 0.717) is 23.9 Å². The van der Waals surface area contributed by atoms with Crippen LogP contribution in [0.25, 0.3) is 0 Å². The summed E-state index contributed by atoms with van der Waals surface area (Å²) in [6.45, 7) is 0.685. The molecule has 0 saturated carbocycles. The summed E-state index contributed by atoms with van der Waals surface area (Å²) in [5.41, 5.74) is 5.42. The van der Waals surface area contributed by atoms with Crippen molar-refractivity contribution in [2.75, 3.05) is 17.2 Å². The number of nitrogens with zero attached hydrogens (tertiary/aromatic N) is 3. The second kappa shape index (κ2) is 3.80. The molecule has 0 radical (unpaired) electrons. The summed E-state index contributed by atoms with van der Waals surface area (Å²) in [7, 11) is -2.76. The van der Waals surface area contributed by atoms with Crippen LogP contribution < -0.4 is 5.73 Å². The van der Waals surface area contributed by atoms with Crippen molar-refractivity contribution in [3.05, 3.63) is 6.20 Å². The van der Waals surface area contributed by atoms with Crippen molar-refractivity contribution in [2.24, 2.45) is 5.92 Å². The molecule has 84 valence electrons. The Kier molecular flexibility index (Phi) is 2.64. The van der Waals surface area contributed by atoms with E-state index < -0.39 is 9.84 Å². The number of rotatable bonds is 3. The average molecular weight is 230 g/mol. The molecule has 2 rings (SSSR count). The van der Waals surface area contributed by atoms with Gasteiger partial charge in [0, 0.05) is 6.54 Å². The molecule has 0 aromatic carbocycles. The van der Waals surface area contributed by atoms with Crippen molar-refractivity contribution in [1.29, 1.82) is 0 Å². The average Bonchev–Trinajstić information content (AvgIpc) is 2.69. The zero-order chi connectivity index (χ0) is 10.9. The summed E-state index contributed by atoms with van der Waals surface area (Å²) in [6, 6.07) is 0. The van der Waals surface area contributed by atoms with Crippen LogP contribution >= 0.6 is 0 Å². The van der Waals surface area contributed by atoms with Crippen molar-refractivity contribution < 1.29 is 8.42 Å². The largest absolute Gasteiger partial charge is 0.381 e. The van der Waals surface area contributed by atoms with E-state index >= 15 is 0 Å². The monoisotopic (exact) mass is 230 g/mol. The van der Waals surface area contributed by atoms with Gasteiger partial charge in [0.05, 0.1) is 17.7 Å². The highest BCUT2D eigenvalue weighted by atomic mass is 32.2. The molecule has 1 atom stereocenters. The summed E-state index contributed by atoms with van der Waals surface area (Å²) in [5.74, 6) is 1.31. The van der Waals surface area contributed by atoms with Crippen LogP contribution in [0.4, 0.5) is 5.82 Å². The van der Waals surface area contributed by atoms with Crippen LogP contribution in [0.1, 0.15) is 12.8 Å². The molecule has 15 heavy (non-hydrogen) atoms. The third-order valence-corrected chi connectivity index (χ3v) is 4.49. The fourth-order valence-electron chi connectivity index (χ4n) is 1.84. The van der Waals surface area contributed by atoms with Gasteiger partial charge in [-0.25, -0.2) is 8.42 Å². The molecule has 1 aromatic rings. The normalized spacial score (nSPS) is 24.4. The maximum absolute atomic E-state index is 11.2. The zero-order valence-electron chi connectivity index (χ0n) is 8.33. The highest BCUT2D eigenvalue weighted by Crippen LogP contribution is 2.21. The Bertz CT molecular complexity index is 439. The van der Waals surface area contributed by atoms with Gasteiger partial charge in [-0.05, 0) is 18.8 Å². The Morgan fingerprint density at radius 1 is 1.60 bits per heavy atom. The van der Waals surface area contributed by atoms with Gasteiger partial charge in [-0.2, -0.15) is 0 Å². The molecule has 1 saturated heterocycles. The first-order valence-electron chi connectivity index (χ1n) is 4.91. The van der Waals surface area contributed by atoms with Crippen LogP contribution in [0, 0.1) is 5.92 Å². The quantitative estimate of drug-likeness (QED) is 0.768. The van der Waals surface area contributed by atoms with E-state index in [9.17, 15) is 8.42 Å². The number of aromatic nitrogens is 3. The zero-order valence-corrected chi connectivity index (χ0v) is 9.15. The van der Waals surface area contributed by atoms with E-state index in [0.717, 1.165) is 12.8 Å². The number of sulfone groups is 1. The minimum atomic E-state index is -2.76. The third kappa shape index (κ3) is 2.68. The maximum atomic E-state index is 11.2.